The van der Waals surface area contributed by atoms with Crippen molar-refractivity contribution in [3.05, 3.63) is 29.3 Å². The average Bonchev–Trinajstić information content (AvgIpc) is 2.34. The molecule has 0 unspecified atom stereocenters. The van der Waals surface area contributed by atoms with E-state index in [0.29, 0.717) is 11.4 Å². The van der Waals surface area contributed by atoms with Gasteiger partial charge in [0.15, 0.2) is 0 Å². The Labute approximate surface area is 115 Å². The van der Waals surface area contributed by atoms with E-state index in [1.165, 1.54) is 0 Å². The van der Waals surface area contributed by atoms with Crippen molar-refractivity contribution in [2.24, 2.45) is 5.73 Å². The molecule has 0 radical (unpaired) electrons. The molecule has 1 aromatic carbocycles. The zero-order valence-electron chi connectivity index (χ0n) is 11.6. The van der Waals surface area contributed by atoms with Crippen LogP contribution in [-0.2, 0) is 16.6 Å². The summed E-state index contributed by atoms with van der Waals surface area (Å²) in [5.74, 6) is 0. The molecule has 0 bridgehead atoms. The number of benzene rings is 1. The minimum Gasteiger partial charge on any atom is -0.326 e. The molecule has 0 amide bonds. The Hall–Kier alpha value is -0.910. The van der Waals surface area contributed by atoms with Crippen molar-refractivity contribution in [3.8, 4) is 0 Å². The first-order chi connectivity index (χ1) is 8.92. The largest absolute Gasteiger partial charge is 0.326 e. The van der Waals surface area contributed by atoms with E-state index in [1.807, 2.05) is 13.8 Å². The van der Waals surface area contributed by atoms with Gasteiger partial charge in [0.25, 0.3) is 0 Å². The maximum Gasteiger partial charge on any atom is 0.241 e. The minimum absolute atomic E-state index is 0.223. The fourth-order valence-electron chi connectivity index (χ4n) is 2.54. The number of rotatable bonds is 5. The summed E-state index contributed by atoms with van der Waals surface area (Å²) in [4.78, 5) is 0.335. The van der Waals surface area contributed by atoms with Gasteiger partial charge in [-0.05, 0) is 55.9 Å². The monoisotopic (exact) mass is 282 g/mol. The van der Waals surface area contributed by atoms with Crippen molar-refractivity contribution in [2.45, 2.75) is 56.5 Å². The van der Waals surface area contributed by atoms with Crippen LogP contribution in [-0.4, -0.2) is 14.0 Å². The normalized spacial score (nSPS) is 18.1. The molecule has 0 atom stereocenters. The van der Waals surface area contributed by atoms with E-state index in [2.05, 4.69) is 4.72 Å². The molecular weight excluding hydrogens is 260 g/mol. The Balaban J connectivity index is 2.27. The molecule has 1 fully saturated rings. The average molecular weight is 282 g/mol. The second-order valence-electron chi connectivity index (χ2n) is 5.39. The molecule has 0 heterocycles. The van der Waals surface area contributed by atoms with E-state index in [0.717, 1.165) is 36.8 Å². The van der Waals surface area contributed by atoms with Gasteiger partial charge in [-0.1, -0.05) is 13.0 Å². The van der Waals surface area contributed by atoms with Crippen molar-refractivity contribution >= 4 is 10.0 Å². The van der Waals surface area contributed by atoms with Crippen LogP contribution < -0.4 is 10.5 Å². The second-order valence-corrected chi connectivity index (χ2v) is 7.07. The fraction of sp³-hybridized carbons (Fsp3) is 0.571. The summed E-state index contributed by atoms with van der Waals surface area (Å²) in [5, 5.41) is 0. The van der Waals surface area contributed by atoms with E-state index in [1.54, 1.807) is 18.2 Å². The molecule has 1 aliphatic carbocycles. The maximum atomic E-state index is 12.4. The number of aryl methyl sites for hydroxylation is 1. The second kappa shape index (κ2) is 5.23. The molecule has 3 N–H and O–H groups in total. The number of sulfonamides is 1. The van der Waals surface area contributed by atoms with Crippen molar-refractivity contribution in [1.29, 1.82) is 0 Å². The predicted molar refractivity (Wildman–Crippen MR) is 76.3 cm³/mol. The van der Waals surface area contributed by atoms with Gasteiger partial charge in [-0.25, -0.2) is 13.1 Å². The maximum absolute atomic E-state index is 12.4. The molecule has 4 nitrogen and oxygen atoms in total. The van der Waals surface area contributed by atoms with Crippen LogP contribution in [0.3, 0.4) is 0 Å². The SMILES string of the molecule is CCC1(NS(=O)(=O)c2ccc(CN)c(C)c2)CCC1. The third kappa shape index (κ3) is 2.83. The summed E-state index contributed by atoms with van der Waals surface area (Å²) in [6.45, 7) is 4.35. The van der Waals surface area contributed by atoms with Crippen LogP contribution in [0.1, 0.15) is 43.7 Å². The highest BCUT2D eigenvalue weighted by Crippen LogP contribution is 2.36. The van der Waals surface area contributed by atoms with Gasteiger partial charge in [0.1, 0.15) is 0 Å². The molecule has 0 aromatic heterocycles. The first-order valence-corrected chi connectivity index (χ1v) is 8.24. The van der Waals surface area contributed by atoms with E-state index in [9.17, 15) is 8.42 Å². The summed E-state index contributed by atoms with van der Waals surface area (Å²) >= 11 is 0. The van der Waals surface area contributed by atoms with Gasteiger partial charge in [-0.2, -0.15) is 0 Å². The van der Waals surface area contributed by atoms with Crippen LogP contribution in [0.5, 0.6) is 0 Å². The molecule has 1 saturated carbocycles. The third-order valence-corrected chi connectivity index (χ3v) is 5.76. The molecule has 0 saturated heterocycles. The molecule has 2 rings (SSSR count). The highest BCUT2D eigenvalue weighted by atomic mass is 32.2. The van der Waals surface area contributed by atoms with Crippen LogP contribution in [0.15, 0.2) is 23.1 Å². The number of nitrogens with two attached hydrogens (primary N) is 1. The van der Waals surface area contributed by atoms with Crippen LogP contribution in [0.2, 0.25) is 0 Å². The smallest absolute Gasteiger partial charge is 0.241 e. The summed E-state index contributed by atoms with van der Waals surface area (Å²) in [5.41, 5.74) is 7.28. The molecular formula is C14H22N2O2S. The first kappa shape index (κ1) is 14.5. The van der Waals surface area contributed by atoms with Gasteiger partial charge in [0.2, 0.25) is 10.0 Å². The molecule has 1 aromatic rings. The van der Waals surface area contributed by atoms with Crippen LogP contribution >= 0.6 is 0 Å². The highest BCUT2D eigenvalue weighted by Gasteiger charge is 2.39. The van der Waals surface area contributed by atoms with Gasteiger partial charge in [0.05, 0.1) is 4.90 Å². The van der Waals surface area contributed by atoms with E-state index in [-0.39, 0.29) is 5.54 Å². The van der Waals surface area contributed by atoms with Gasteiger partial charge < -0.3 is 5.73 Å². The summed E-state index contributed by atoms with van der Waals surface area (Å²) < 4.78 is 27.7. The topological polar surface area (TPSA) is 72.2 Å². The molecule has 106 valence electrons. The van der Waals surface area contributed by atoms with E-state index < -0.39 is 10.0 Å². The van der Waals surface area contributed by atoms with Crippen LogP contribution in [0, 0.1) is 6.92 Å². The lowest BCUT2D eigenvalue weighted by Crippen LogP contribution is -2.52. The fourth-order valence-corrected chi connectivity index (χ4v) is 4.16. The molecule has 0 aliphatic heterocycles. The highest BCUT2D eigenvalue weighted by molar-refractivity contribution is 7.89. The Kier molecular flexibility index (Phi) is 3.99. The lowest BCUT2D eigenvalue weighted by atomic mass is 9.76. The van der Waals surface area contributed by atoms with Crippen molar-refractivity contribution in [1.82, 2.24) is 4.72 Å². The number of hydrogen-bond donors (Lipinski definition) is 2. The Morgan fingerprint density at radius 2 is 2.05 bits per heavy atom. The zero-order valence-corrected chi connectivity index (χ0v) is 12.4. The summed E-state index contributed by atoms with van der Waals surface area (Å²) in [7, 11) is -3.43. The first-order valence-electron chi connectivity index (χ1n) is 6.76. The molecule has 1 aliphatic rings. The Morgan fingerprint density at radius 3 is 2.47 bits per heavy atom. The lowest BCUT2D eigenvalue weighted by molar-refractivity contribution is 0.214. The van der Waals surface area contributed by atoms with Crippen molar-refractivity contribution < 1.29 is 8.42 Å². The lowest BCUT2D eigenvalue weighted by Gasteiger charge is -2.41. The van der Waals surface area contributed by atoms with Gasteiger partial charge in [-0.15, -0.1) is 0 Å². The minimum atomic E-state index is -3.43. The van der Waals surface area contributed by atoms with Crippen molar-refractivity contribution in [2.75, 3.05) is 0 Å². The zero-order chi connectivity index (χ0) is 14.1. The van der Waals surface area contributed by atoms with Gasteiger partial charge in [-0.3, -0.25) is 0 Å². The summed E-state index contributed by atoms with van der Waals surface area (Å²) in [6, 6.07) is 5.13. The van der Waals surface area contributed by atoms with Crippen LogP contribution in [0.25, 0.3) is 0 Å². The Bertz CT molecular complexity index is 557. The van der Waals surface area contributed by atoms with Crippen molar-refractivity contribution in [3.63, 3.8) is 0 Å². The molecule has 19 heavy (non-hydrogen) atoms. The van der Waals surface area contributed by atoms with E-state index in [4.69, 9.17) is 5.73 Å². The third-order valence-electron chi connectivity index (χ3n) is 4.18. The number of hydrogen-bond acceptors (Lipinski definition) is 3. The summed E-state index contributed by atoms with van der Waals surface area (Å²) in [6.07, 6.45) is 3.80. The molecule has 5 heteroatoms. The number of nitrogens with one attached hydrogen (secondary N) is 1. The predicted octanol–water partition coefficient (Wildman–Crippen LogP) is 2.06. The Morgan fingerprint density at radius 1 is 1.37 bits per heavy atom. The standard InChI is InChI=1S/C14H22N2O2S/c1-3-14(7-4-8-14)16-19(17,18)13-6-5-12(10-15)11(2)9-13/h5-6,9,16H,3-4,7-8,10,15H2,1-2H3. The van der Waals surface area contributed by atoms with Gasteiger partial charge >= 0.3 is 0 Å². The van der Waals surface area contributed by atoms with Crippen LogP contribution in [0.4, 0.5) is 0 Å². The van der Waals surface area contributed by atoms with Gasteiger partial charge in [0, 0.05) is 12.1 Å². The van der Waals surface area contributed by atoms with E-state index >= 15 is 0 Å². The molecule has 0 spiro atoms. The quantitative estimate of drug-likeness (QED) is 0.868.